The zero-order valence-corrected chi connectivity index (χ0v) is 43.6. The molecule has 2 unspecified atom stereocenters. The number of hydrogen-bond acceptors (Lipinski definition) is 15. The Kier molecular flexibility index (Phi) is 16.4. The summed E-state index contributed by atoms with van der Waals surface area (Å²) in [5.41, 5.74) is 2.09. The highest BCUT2D eigenvalue weighted by molar-refractivity contribution is 6.23. The van der Waals surface area contributed by atoms with Gasteiger partial charge in [0.25, 0.3) is 11.7 Å². The van der Waals surface area contributed by atoms with E-state index in [-0.39, 0.29) is 62.0 Å². The summed E-state index contributed by atoms with van der Waals surface area (Å²) in [5.74, 6) is -8.48. The van der Waals surface area contributed by atoms with Gasteiger partial charge in [-0.3, -0.25) is 24.3 Å². The number of allylic oxidation sites excluding steroid dienone is 2. The van der Waals surface area contributed by atoms with Crippen LogP contribution in [-0.4, -0.2) is 122 Å². The number of fused-ring (bicyclic) bond motifs is 14. The predicted octanol–water partition coefficient (Wildman–Crippen LogP) is 7.98. The monoisotopic (exact) mass is 983 g/mol. The molecule has 11 atom stereocenters. The molecule has 1 saturated heterocycles. The maximum absolute atomic E-state index is 14.7. The van der Waals surface area contributed by atoms with Crippen molar-refractivity contribution in [2.75, 3.05) is 25.5 Å². The molecule has 1 fully saturated rings. The summed E-state index contributed by atoms with van der Waals surface area (Å²) < 4.78 is 23.9. The third-order valence-electron chi connectivity index (χ3n) is 14.5. The maximum atomic E-state index is 14.7. The lowest BCUT2D eigenvalue weighted by molar-refractivity contribution is -0.160. The second kappa shape index (κ2) is 21.4. The zero-order chi connectivity index (χ0) is 52.6. The van der Waals surface area contributed by atoms with Crippen molar-refractivity contribution in [3.05, 3.63) is 88.2 Å². The number of anilines is 1. The molecule has 0 aromatic heterocycles. The first-order valence-corrected chi connectivity index (χ1v) is 24.4. The minimum absolute atomic E-state index is 0.0408. The molecule has 3 aromatic carbocycles. The molecule has 386 valence electrons. The number of methoxy groups -OCH3 is 1. The van der Waals surface area contributed by atoms with Crippen molar-refractivity contribution < 1.29 is 58.9 Å². The number of ether oxygens (including phenoxy) is 4. The van der Waals surface area contributed by atoms with E-state index in [4.69, 9.17) is 24.0 Å². The molecule has 1 amide bonds. The molecular formula is C55H74N4O12. The lowest BCUT2D eigenvalue weighted by Gasteiger charge is -2.43. The SMILES string of the molecule is CO[C@H]1/C=C/O[C@@]2(C)Oc3c(C)c(O)c4c(O)c(c(/C=N/N5C(C)CN(Cc6ccc(C(C)(C)C)cc6)CC5C)c(O)c4c3C2=O)NC(=O)/C(C)=C\C=C\[C@H](C)[C@H](O)[C@@H](C)[C@@H](O)[C@@H](C)[C@H](OC(C)=O)[C@@H]1C. The van der Waals surface area contributed by atoms with Crippen LogP contribution in [0.25, 0.3) is 10.8 Å². The van der Waals surface area contributed by atoms with E-state index in [1.54, 1.807) is 39.8 Å². The minimum atomic E-state index is -2.07. The number of aliphatic hydroxyl groups is 2. The van der Waals surface area contributed by atoms with Crippen LogP contribution in [0.4, 0.5) is 5.69 Å². The van der Waals surface area contributed by atoms with Crippen molar-refractivity contribution in [3.8, 4) is 23.0 Å². The van der Waals surface area contributed by atoms with Gasteiger partial charge in [-0.25, -0.2) is 0 Å². The summed E-state index contributed by atoms with van der Waals surface area (Å²) in [5, 5.41) is 68.4. The number of ketones is 1. The summed E-state index contributed by atoms with van der Waals surface area (Å²) in [6.07, 6.45) is 4.90. The van der Waals surface area contributed by atoms with Crippen molar-refractivity contribution in [2.24, 2.45) is 28.8 Å². The number of benzene rings is 3. The number of carbonyl (C=O) groups is 3. The first kappa shape index (κ1) is 54.4. The van der Waals surface area contributed by atoms with Crippen molar-refractivity contribution in [3.63, 3.8) is 0 Å². The van der Waals surface area contributed by atoms with E-state index in [1.807, 2.05) is 18.9 Å². The fraction of sp³-hybridized carbons (Fsp3) is 0.527. The number of Topliss-reactive ketones (excluding diaryl/α,β-unsaturated/α-hetero) is 1. The molecule has 4 heterocycles. The van der Waals surface area contributed by atoms with Crippen LogP contribution in [-0.2, 0) is 35.8 Å². The van der Waals surface area contributed by atoms with Gasteiger partial charge in [-0.15, -0.1) is 0 Å². The van der Waals surface area contributed by atoms with Crippen molar-refractivity contribution in [2.45, 2.75) is 144 Å². The quantitative estimate of drug-likeness (QED) is 0.0597. The number of nitrogens with one attached hydrogen (secondary N) is 1. The highest BCUT2D eigenvalue weighted by atomic mass is 16.7. The Morgan fingerprint density at radius 2 is 1.54 bits per heavy atom. The Morgan fingerprint density at radius 3 is 2.13 bits per heavy atom. The van der Waals surface area contributed by atoms with Gasteiger partial charge in [-0.1, -0.05) is 91.0 Å². The Hall–Kier alpha value is -5.94. The number of rotatable bonds is 6. The number of piperazine rings is 1. The summed E-state index contributed by atoms with van der Waals surface area (Å²) in [7, 11) is 1.44. The number of hydrogen-bond donors (Lipinski definition) is 6. The van der Waals surface area contributed by atoms with Gasteiger partial charge >= 0.3 is 11.8 Å². The van der Waals surface area contributed by atoms with Gasteiger partial charge in [0.2, 0.25) is 0 Å². The topological polar surface area (TPSA) is 220 Å². The second-order valence-electron chi connectivity index (χ2n) is 21.1. The number of aromatic hydroxyl groups is 3. The minimum Gasteiger partial charge on any atom is -0.507 e. The fourth-order valence-electron chi connectivity index (χ4n) is 10.1. The molecule has 3 aromatic rings. The molecule has 0 radical (unpaired) electrons. The first-order chi connectivity index (χ1) is 33.2. The van der Waals surface area contributed by atoms with Gasteiger partial charge in [0.05, 0.1) is 65.1 Å². The van der Waals surface area contributed by atoms with E-state index < -0.39 is 88.8 Å². The molecule has 4 aliphatic rings. The maximum Gasteiger partial charge on any atom is 0.312 e. The lowest BCUT2D eigenvalue weighted by Crippen LogP contribution is -2.54. The van der Waals surface area contributed by atoms with Crippen LogP contribution in [0.5, 0.6) is 23.0 Å². The van der Waals surface area contributed by atoms with Crippen LogP contribution in [0.3, 0.4) is 0 Å². The number of phenolic OH excluding ortho intramolecular Hbond substituents is 3. The molecule has 4 aliphatic heterocycles. The van der Waals surface area contributed by atoms with Crippen LogP contribution in [0.1, 0.15) is 116 Å². The molecule has 6 N–H and O–H groups in total. The van der Waals surface area contributed by atoms with Gasteiger partial charge in [0.15, 0.2) is 5.75 Å². The average Bonchev–Trinajstić information content (AvgIpc) is 3.57. The highest BCUT2D eigenvalue weighted by Gasteiger charge is 2.50. The third-order valence-corrected chi connectivity index (χ3v) is 14.5. The number of nitrogens with zero attached hydrogens (tertiary/aromatic N) is 3. The van der Waals surface area contributed by atoms with E-state index in [0.717, 1.165) is 6.54 Å². The summed E-state index contributed by atoms with van der Waals surface area (Å²) in [4.78, 5) is 43.6. The number of carbonyl (C=O) groups excluding carboxylic acids is 3. The van der Waals surface area contributed by atoms with Crippen LogP contribution in [0.2, 0.25) is 0 Å². The van der Waals surface area contributed by atoms with Crippen LogP contribution in [0.15, 0.2) is 65.5 Å². The van der Waals surface area contributed by atoms with Crippen LogP contribution < -0.4 is 10.1 Å². The summed E-state index contributed by atoms with van der Waals surface area (Å²) in [6, 6.07) is 8.43. The van der Waals surface area contributed by atoms with Crippen molar-refractivity contribution >= 4 is 40.3 Å². The molecule has 0 aliphatic carbocycles. The van der Waals surface area contributed by atoms with E-state index in [0.29, 0.717) is 13.1 Å². The molecule has 71 heavy (non-hydrogen) atoms. The second-order valence-corrected chi connectivity index (χ2v) is 21.1. The lowest BCUT2D eigenvalue weighted by atomic mass is 9.78. The largest absolute Gasteiger partial charge is 0.507 e. The molecule has 16 heteroatoms. The zero-order valence-electron chi connectivity index (χ0n) is 43.6. The van der Waals surface area contributed by atoms with Gasteiger partial charge in [-0.2, -0.15) is 5.10 Å². The third kappa shape index (κ3) is 11.1. The number of aliphatic hydroxyl groups excluding tert-OH is 2. The number of hydrazone groups is 1. The fourth-order valence-corrected chi connectivity index (χ4v) is 10.1. The standard InChI is InChI=1S/C55H74N4O12/c1-28-16-15-17-29(2)53(67)57-44-39(24-56-59-30(3)25-58(26-31(59)4)27-37-18-20-38(21-19-37)54(10,11)12)48(64)41-42(49(44)65)47(63)35(8)51-43(41)52(66)55(13,71-51)69-23-22-40(68-14)32(5)50(70-36(9)60)34(7)46(62)33(6)45(28)61/h15-24,28,30-34,40,45-46,50,61-65H,25-27H2,1-14H3,(H,57,67)/b16-15+,23-22+,29-17-,56-24+/t28-,30?,31?,32+,33+,34+,40-,45-,46+,50+,55-/m0/s1. The van der Waals surface area contributed by atoms with Gasteiger partial charge in [0, 0.05) is 80.8 Å². The van der Waals surface area contributed by atoms with Crippen LogP contribution in [0, 0.1) is 30.6 Å². The van der Waals surface area contributed by atoms with E-state index in [2.05, 4.69) is 55.3 Å². The normalized spacial score (nSPS) is 31.0. The van der Waals surface area contributed by atoms with Crippen molar-refractivity contribution in [1.29, 1.82) is 0 Å². The van der Waals surface area contributed by atoms with Gasteiger partial charge in [0.1, 0.15) is 23.4 Å². The Balaban J connectivity index is 1.45. The number of phenols is 3. The summed E-state index contributed by atoms with van der Waals surface area (Å²) >= 11 is 0. The van der Waals surface area contributed by atoms with E-state index >= 15 is 0 Å². The predicted molar refractivity (Wildman–Crippen MR) is 273 cm³/mol. The van der Waals surface area contributed by atoms with Crippen LogP contribution >= 0.6 is 0 Å². The number of esters is 1. The molecule has 0 spiro atoms. The van der Waals surface area contributed by atoms with Crippen molar-refractivity contribution in [1.82, 2.24) is 9.91 Å². The Morgan fingerprint density at radius 1 is 0.901 bits per heavy atom. The van der Waals surface area contributed by atoms with E-state index in [1.165, 1.54) is 70.6 Å². The first-order valence-electron chi connectivity index (χ1n) is 24.4. The smallest absolute Gasteiger partial charge is 0.312 e. The van der Waals surface area contributed by atoms with Gasteiger partial charge < -0.3 is 49.8 Å². The Labute approximate surface area is 417 Å². The van der Waals surface area contributed by atoms with E-state index in [9.17, 15) is 39.9 Å². The molecule has 16 nitrogen and oxygen atoms in total. The molecule has 0 saturated carbocycles. The van der Waals surface area contributed by atoms with Gasteiger partial charge in [-0.05, 0) is 50.3 Å². The Bertz CT molecular complexity index is 2610. The number of amides is 1. The highest BCUT2D eigenvalue weighted by Crippen LogP contribution is 2.55. The molecular weight excluding hydrogens is 909 g/mol. The molecule has 5 bridgehead atoms. The molecule has 7 rings (SSSR count). The average molecular weight is 983 g/mol. The summed E-state index contributed by atoms with van der Waals surface area (Å²) in [6.45, 7) is 25.3.